The van der Waals surface area contributed by atoms with Crippen LogP contribution in [-0.4, -0.2) is 19.5 Å². The average Bonchev–Trinajstić information content (AvgIpc) is 3.79. The van der Waals surface area contributed by atoms with Gasteiger partial charge in [-0.3, -0.25) is 0 Å². The monoisotopic (exact) mass is 928 g/mol. The van der Waals surface area contributed by atoms with E-state index in [-0.39, 0.29) is 0 Å². The molecule has 0 spiro atoms. The van der Waals surface area contributed by atoms with Gasteiger partial charge in [-0.15, -0.1) is 0 Å². The molecule has 2 aromatic heterocycles. The quantitative estimate of drug-likeness (QED) is 0.143. The van der Waals surface area contributed by atoms with Crippen LogP contribution in [0.5, 0.6) is 0 Å². The lowest BCUT2D eigenvalue weighted by atomic mass is 9.91. The molecule has 11 rings (SSSR count). The molecule has 0 aliphatic heterocycles. The summed E-state index contributed by atoms with van der Waals surface area (Å²) < 4.78 is 2.18. The van der Waals surface area contributed by atoms with E-state index in [9.17, 15) is 31.6 Å². The molecule has 0 atom stereocenters. The Morgan fingerprint density at radius 2 is 0.630 bits per heavy atom. The summed E-state index contributed by atoms with van der Waals surface area (Å²) in [6, 6.07) is 74.0. The maximum atomic E-state index is 10.3. The zero-order chi connectivity index (χ0) is 50.0. The molecule has 0 N–H and O–H groups in total. The maximum absolute atomic E-state index is 10.3. The Morgan fingerprint density at radius 3 is 1.01 bits per heavy atom. The fourth-order valence-corrected chi connectivity index (χ4v) is 9.36. The van der Waals surface area contributed by atoms with Crippen molar-refractivity contribution >= 4 is 21.8 Å². The number of benzene rings is 9. The molecule has 334 valence electrons. The fourth-order valence-electron chi connectivity index (χ4n) is 9.36. The first-order valence-corrected chi connectivity index (χ1v) is 22.9. The Hall–Kier alpha value is -11.3. The molecule has 0 unspecified atom stereocenters. The summed E-state index contributed by atoms with van der Waals surface area (Å²) >= 11 is 0. The predicted octanol–water partition coefficient (Wildman–Crippen LogP) is 13.9. The normalized spacial score (nSPS) is 10.7. The van der Waals surface area contributed by atoms with E-state index in [2.05, 4.69) is 41.0 Å². The van der Waals surface area contributed by atoms with Crippen molar-refractivity contribution in [3.05, 3.63) is 228 Å². The first-order valence-electron chi connectivity index (χ1n) is 22.9. The van der Waals surface area contributed by atoms with Gasteiger partial charge in [0.2, 0.25) is 0 Å². The average molecular weight is 929 g/mol. The van der Waals surface area contributed by atoms with Crippen molar-refractivity contribution in [2.45, 2.75) is 0 Å². The smallest absolute Gasteiger partial charge is 0.164 e. The molecule has 10 heteroatoms. The van der Waals surface area contributed by atoms with Crippen molar-refractivity contribution in [3.8, 4) is 121 Å². The molecule has 11 aromatic rings. The fraction of sp³-hybridized carbons (Fsp3) is 0. The van der Waals surface area contributed by atoms with Crippen LogP contribution in [0, 0.1) is 68.0 Å². The zero-order valence-corrected chi connectivity index (χ0v) is 38.4. The molecule has 9 aromatic carbocycles. The first-order chi connectivity index (χ1) is 35.8. The topological polar surface area (TPSA) is 186 Å². The van der Waals surface area contributed by atoms with E-state index in [1.54, 1.807) is 48.5 Å². The molecule has 0 fully saturated rings. The second kappa shape index (κ2) is 18.7. The van der Waals surface area contributed by atoms with E-state index >= 15 is 0 Å². The molecule has 0 aliphatic rings. The van der Waals surface area contributed by atoms with Gasteiger partial charge >= 0.3 is 0 Å². The lowest BCUT2D eigenvalue weighted by Crippen LogP contribution is -2.04. The van der Waals surface area contributed by atoms with Crippen molar-refractivity contribution in [1.29, 1.82) is 31.6 Å². The molecule has 73 heavy (non-hydrogen) atoms. The van der Waals surface area contributed by atoms with Crippen LogP contribution in [0.2, 0.25) is 0 Å². The van der Waals surface area contributed by atoms with Crippen LogP contribution < -0.4 is 0 Å². The van der Waals surface area contributed by atoms with Crippen LogP contribution in [0.4, 0.5) is 0 Å². The molecule has 10 nitrogen and oxygen atoms in total. The maximum Gasteiger partial charge on any atom is 0.164 e. The minimum atomic E-state index is 0.350. The van der Waals surface area contributed by atoms with Gasteiger partial charge in [-0.2, -0.15) is 31.6 Å². The van der Waals surface area contributed by atoms with Crippen LogP contribution in [0.15, 0.2) is 194 Å². The third-order valence-corrected chi connectivity index (χ3v) is 12.7. The van der Waals surface area contributed by atoms with Gasteiger partial charge in [0.15, 0.2) is 17.5 Å². The van der Waals surface area contributed by atoms with Crippen molar-refractivity contribution in [1.82, 2.24) is 19.5 Å². The first kappa shape index (κ1) is 44.2. The summed E-state index contributed by atoms with van der Waals surface area (Å²) in [5, 5.41) is 62.2. The van der Waals surface area contributed by atoms with Crippen molar-refractivity contribution in [2.75, 3.05) is 0 Å². The van der Waals surface area contributed by atoms with E-state index in [1.807, 2.05) is 146 Å². The minimum absolute atomic E-state index is 0.350. The molecular weight excluding hydrogens is 897 g/mol. The number of aromatic nitrogens is 4. The van der Waals surface area contributed by atoms with Crippen molar-refractivity contribution < 1.29 is 0 Å². The van der Waals surface area contributed by atoms with Gasteiger partial charge < -0.3 is 4.57 Å². The van der Waals surface area contributed by atoms with E-state index in [0.717, 1.165) is 72.0 Å². The van der Waals surface area contributed by atoms with Gasteiger partial charge in [-0.25, -0.2) is 15.0 Å². The summed E-state index contributed by atoms with van der Waals surface area (Å²) in [5.74, 6) is 1.36. The Kier molecular flexibility index (Phi) is 11.3. The summed E-state index contributed by atoms with van der Waals surface area (Å²) in [6.45, 7) is 0. The Bertz CT molecular complexity index is 4010. The third kappa shape index (κ3) is 8.31. The summed E-state index contributed by atoms with van der Waals surface area (Å²) in [7, 11) is 0. The lowest BCUT2D eigenvalue weighted by molar-refractivity contribution is 1.07. The molecular formula is C63H32N10. The number of hydrogen-bond acceptors (Lipinski definition) is 9. The molecule has 0 amide bonds. The van der Waals surface area contributed by atoms with Gasteiger partial charge in [0.1, 0.15) is 0 Å². The van der Waals surface area contributed by atoms with Gasteiger partial charge in [0.05, 0.1) is 86.5 Å². The third-order valence-electron chi connectivity index (χ3n) is 12.7. The Labute approximate surface area is 419 Å². The molecule has 2 heterocycles. The van der Waals surface area contributed by atoms with Gasteiger partial charge in [0, 0.05) is 38.6 Å². The molecule has 0 saturated heterocycles. The highest BCUT2D eigenvalue weighted by atomic mass is 15.0. The number of fused-ring (bicyclic) bond motifs is 3. The van der Waals surface area contributed by atoms with Crippen LogP contribution in [-0.2, 0) is 0 Å². The minimum Gasteiger partial charge on any atom is -0.308 e. The highest BCUT2D eigenvalue weighted by Crippen LogP contribution is 2.45. The summed E-state index contributed by atoms with van der Waals surface area (Å²) in [6.07, 6.45) is 0. The zero-order valence-electron chi connectivity index (χ0n) is 38.4. The Balaban J connectivity index is 1.28. The molecule has 0 saturated carbocycles. The highest BCUT2D eigenvalue weighted by Gasteiger charge is 2.25. The van der Waals surface area contributed by atoms with E-state index in [1.165, 1.54) is 0 Å². The van der Waals surface area contributed by atoms with Crippen LogP contribution >= 0.6 is 0 Å². The Morgan fingerprint density at radius 1 is 0.274 bits per heavy atom. The van der Waals surface area contributed by atoms with Gasteiger partial charge in [-0.05, 0) is 130 Å². The van der Waals surface area contributed by atoms with Crippen LogP contribution in [0.1, 0.15) is 33.4 Å². The van der Waals surface area contributed by atoms with Crippen molar-refractivity contribution in [3.63, 3.8) is 0 Å². The van der Waals surface area contributed by atoms with E-state index in [0.29, 0.717) is 67.5 Å². The van der Waals surface area contributed by atoms with E-state index in [4.69, 9.17) is 15.0 Å². The number of nitriles is 6. The molecule has 0 radical (unpaired) electrons. The highest BCUT2D eigenvalue weighted by molar-refractivity contribution is 6.13. The molecule has 0 bridgehead atoms. The van der Waals surface area contributed by atoms with Crippen LogP contribution in [0.3, 0.4) is 0 Å². The largest absolute Gasteiger partial charge is 0.308 e. The second-order valence-electron chi connectivity index (χ2n) is 17.2. The van der Waals surface area contributed by atoms with Crippen molar-refractivity contribution in [2.24, 2.45) is 0 Å². The summed E-state index contributed by atoms with van der Waals surface area (Å²) in [5.41, 5.74) is 12.7. The molecule has 0 aliphatic carbocycles. The second-order valence-corrected chi connectivity index (χ2v) is 17.2. The van der Waals surface area contributed by atoms with Gasteiger partial charge in [0.25, 0.3) is 0 Å². The standard InChI is InChI=1S/C63H32N10/c64-33-39-9-7-15-49(23-39)54-31-53(63-71-61(45-11-3-1-4-12-45)70-62(72-63)46-13-5-2-6-14-46)32-55(50-16-8-10-40(24-50)34-65)60(54)73-58-19-17-47(51-25-41(35-66)21-42(26-51)36-67)29-56(58)57-30-48(18-20-59(57)73)52-27-43(37-68)22-44(28-52)38-69/h1-32H. The number of hydrogen-bond donors (Lipinski definition) is 0. The summed E-state index contributed by atoms with van der Waals surface area (Å²) in [4.78, 5) is 15.2. The van der Waals surface area contributed by atoms with E-state index < -0.39 is 0 Å². The van der Waals surface area contributed by atoms with Crippen LogP contribution in [0.25, 0.3) is 106 Å². The predicted molar refractivity (Wildman–Crippen MR) is 281 cm³/mol. The number of nitrogens with zero attached hydrogens (tertiary/aromatic N) is 10. The lowest BCUT2D eigenvalue weighted by Gasteiger charge is -2.21. The number of rotatable bonds is 8. The van der Waals surface area contributed by atoms with Gasteiger partial charge in [-0.1, -0.05) is 97.1 Å². The SMILES string of the molecule is N#Cc1cc(C#N)cc(-c2ccc3c(c2)c2cc(-c4cc(C#N)cc(C#N)c4)ccc2n3-c2c(-c3cccc(C#N)c3)cc(-c3nc(-c4ccccc4)nc(-c4ccccc4)n3)cc2-c2cccc(C#N)c2)c1.